The number of aromatic nitrogens is 2. The molecule has 3 heterocycles. The molecule has 1 saturated heterocycles. The van der Waals surface area contributed by atoms with Gasteiger partial charge in [0.25, 0.3) is 5.91 Å². The molecule has 0 spiro atoms. The maximum absolute atomic E-state index is 13.2. The fourth-order valence-corrected chi connectivity index (χ4v) is 4.23. The first kappa shape index (κ1) is 28.0. The van der Waals surface area contributed by atoms with Crippen molar-refractivity contribution in [2.24, 2.45) is 0 Å². The van der Waals surface area contributed by atoms with Crippen LogP contribution in [0.5, 0.6) is 5.75 Å². The Hall–Kier alpha value is -4.06. The zero-order chi connectivity index (χ0) is 28.1. The maximum Gasteiger partial charge on any atom is 0.409 e. The number of ether oxygens (including phenoxy) is 2. The van der Waals surface area contributed by atoms with Crippen LogP contribution in [0.1, 0.15) is 41.9 Å². The normalized spacial score (nSPS) is 14.2. The minimum atomic E-state index is -0.617. The Bertz CT molecular complexity index is 1350. The molecule has 39 heavy (non-hydrogen) atoms. The quantitative estimate of drug-likeness (QED) is 0.436. The number of hydrogen-bond acceptors (Lipinski definition) is 7. The first-order valence-electron chi connectivity index (χ1n) is 12.4. The molecule has 0 aliphatic carbocycles. The smallest absolute Gasteiger partial charge is 0.409 e. The highest BCUT2D eigenvalue weighted by atomic mass is 35.5. The molecule has 3 aromatic rings. The van der Waals surface area contributed by atoms with E-state index in [1.54, 1.807) is 42.8 Å². The largest absolute Gasteiger partial charge is 0.484 e. The average molecular weight is 562 g/mol. The number of rotatable bonds is 8. The number of carbonyl (C=O) groups is 3. The van der Waals surface area contributed by atoms with Crippen molar-refractivity contribution in [2.45, 2.75) is 33.4 Å². The molecule has 1 unspecified atom stereocenters. The third-order valence-electron chi connectivity index (χ3n) is 6.19. The van der Waals surface area contributed by atoms with E-state index in [1.165, 1.54) is 22.9 Å². The van der Waals surface area contributed by atoms with E-state index in [0.29, 0.717) is 49.9 Å². The van der Waals surface area contributed by atoms with Crippen molar-refractivity contribution in [3.05, 3.63) is 64.6 Å². The molecule has 1 fully saturated rings. The highest BCUT2D eigenvalue weighted by Gasteiger charge is 2.29. The van der Waals surface area contributed by atoms with Gasteiger partial charge in [0.05, 0.1) is 23.0 Å². The Morgan fingerprint density at radius 1 is 1.15 bits per heavy atom. The fourth-order valence-electron chi connectivity index (χ4n) is 4.01. The van der Waals surface area contributed by atoms with Crippen LogP contribution in [0.15, 0.2) is 40.9 Å². The number of furan rings is 1. The lowest BCUT2D eigenvalue weighted by atomic mass is 10.2. The van der Waals surface area contributed by atoms with Crippen molar-refractivity contribution in [3.8, 4) is 5.75 Å². The van der Waals surface area contributed by atoms with Crippen LogP contribution in [0, 0.1) is 12.7 Å². The molecule has 2 aromatic heterocycles. The summed E-state index contributed by atoms with van der Waals surface area (Å²) in [6.07, 6.45) is 1.21. The van der Waals surface area contributed by atoms with Gasteiger partial charge in [-0.2, -0.15) is 5.10 Å². The molecule has 13 heteroatoms. The number of nitrogens with one attached hydrogen (secondary N) is 1. The lowest BCUT2D eigenvalue weighted by molar-refractivity contribution is -0.136. The van der Waals surface area contributed by atoms with E-state index >= 15 is 0 Å². The Morgan fingerprint density at radius 2 is 1.87 bits per heavy atom. The first-order chi connectivity index (χ1) is 18.7. The van der Waals surface area contributed by atoms with Crippen LogP contribution in [0.4, 0.5) is 14.9 Å². The predicted molar refractivity (Wildman–Crippen MR) is 139 cm³/mol. The van der Waals surface area contributed by atoms with E-state index in [9.17, 15) is 18.8 Å². The van der Waals surface area contributed by atoms with E-state index in [2.05, 4.69) is 10.4 Å². The van der Waals surface area contributed by atoms with Gasteiger partial charge in [0, 0.05) is 32.4 Å². The Morgan fingerprint density at radius 3 is 2.56 bits per heavy atom. The predicted octanol–water partition coefficient (Wildman–Crippen LogP) is 4.27. The second-order valence-corrected chi connectivity index (χ2v) is 9.29. The van der Waals surface area contributed by atoms with E-state index in [-0.39, 0.29) is 35.1 Å². The molecule has 0 radical (unpaired) electrons. The van der Waals surface area contributed by atoms with Crippen LogP contribution in [-0.2, 0) is 16.1 Å². The van der Waals surface area contributed by atoms with Crippen LogP contribution < -0.4 is 10.1 Å². The van der Waals surface area contributed by atoms with E-state index in [0.717, 1.165) is 6.07 Å². The fraction of sp³-hybridized carbons (Fsp3) is 0.385. The van der Waals surface area contributed by atoms with Gasteiger partial charge in [-0.05, 0) is 51.1 Å². The minimum absolute atomic E-state index is 0.0106. The van der Waals surface area contributed by atoms with E-state index in [4.69, 9.17) is 25.5 Å². The summed E-state index contributed by atoms with van der Waals surface area (Å²) in [5.74, 6) is -0.415. The summed E-state index contributed by atoms with van der Waals surface area (Å²) in [6, 6.07) is 6.25. The number of aryl methyl sites for hydroxylation is 1. The molecule has 1 atom stereocenters. The Kier molecular flexibility index (Phi) is 8.75. The molecule has 1 N–H and O–H groups in total. The molecule has 1 aromatic carbocycles. The van der Waals surface area contributed by atoms with Crippen LogP contribution in [-0.4, -0.2) is 70.3 Å². The van der Waals surface area contributed by atoms with E-state index in [1.807, 2.05) is 0 Å². The van der Waals surface area contributed by atoms with Gasteiger partial charge in [-0.3, -0.25) is 14.3 Å². The monoisotopic (exact) mass is 561 g/mol. The van der Waals surface area contributed by atoms with Crippen molar-refractivity contribution in [3.63, 3.8) is 0 Å². The minimum Gasteiger partial charge on any atom is -0.484 e. The molecule has 4 rings (SSSR count). The molecule has 3 amide bonds. The van der Waals surface area contributed by atoms with Crippen molar-refractivity contribution < 1.29 is 32.7 Å². The number of halogens is 2. The van der Waals surface area contributed by atoms with Gasteiger partial charge in [0.15, 0.2) is 5.76 Å². The number of nitrogens with zero attached hydrogens (tertiary/aromatic N) is 4. The number of carbonyl (C=O) groups excluding carboxylic acids is 3. The van der Waals surface area contributed by atoms with Gasteiger partial charge in [-0.25, -0.2) is 9.18 Å². The number of benzene rings is 1. The molecule has 0 bridgehead atoms. The molecular weight excluding hydrogens is 533 g/mol. The lowest BCUT2D eigenvalue weighted by Gasteiger charge is -2.35. The number of anilines is 1. The van der Waals surface area contributed by atoms with E-state index < -0.39 is 17.8 Å². The van der Waals surface area contributed by atoms with Gasteiger partial charge in [0.2, 0.25) is 5.91 Å². The van der Waals surface area contributed by atoms with Gasteiger partial charge in [-0.15, -0.1) is 0 Å². The van der Waals surface area contributed by atoms with Crippen molar-refractivity contribution >= 4 is 35.2 Å². The zero-order valence-corrected chi connectivity index (χ0v) is 22.5. The molecule has 0 saturated carbocycles. The van der Waals surface area contributed by atoms with Gasteiger partial charge in [-0.1, -0.05) is 11.6 Å². The summed E-state index contributed by atoms with van der Waals surface area (Å²) in [6.45, 7) is 7.05. The SMILES string of the molecule is CCOC(=O)N1CCN(C(=O)C(C)n2cc(NC(=O)c3ccc(COc4ccc(F)cc4Cl)o3)c(C)n2)CC1. The zero-order valence-electron chi connectivity index (χ0n) is 21.8. The molecular formula is C26H29ClFN5O6. The van der Waals surface area contributed by atoms with Gasteiger partial charge in [0.1, 0.15) is 30.0 Å². The molecule has 11 nitrogen and oxygen atoms in total. The topological polar surface area (TPSA) is 119 Å². The van der Waals surface area contributed by atoms with Crippen molar-refractivity contribution in [2.75, 3.05) is 38.1 Å². The summed E-state index contributed by atoms with van der Waals surface area (Å²) < 4.78 is 30.8. The molecule has 208 valence electrons. The highest BCUT2D eigenvalue weighted by molar-refractivity contribution is 6.32. The van der Waals surface area contributed by atoms with Gasteiger partial charge < -0.3 is 29.0 Å². The highest BCUT2D eigenvalue weighted by Crippen LogP contribution is 2.26. The second-order valence-electron chi connectivity index (χ2n) is 8.88. The number of amides is 3. The van der Waals surface area contributed by atoms with Crippen molar-refractivity contribution in [1.29, 1.82) is 0 Å². The maximum atomic E-state index is 13.2. The van der Waals surface area contributed by atoms with Gasteiger partial charge >= 0.3 is 6.09 Å². The average Bonchev–Trinajstić information content (AvgIpc) is 3.54. The summed E-state index contributed by atoms with van der Waals surface area (Å²) in [7, 11) is 0. The summed E-state index contributed by atoms with van der Waals surface area (Å²) in [4.78, 5) is 41.0. The molecule has 1 aliphatic heterocycles. The lowest BCUT2D eigenvalue weighted by Crippen LogP contribution is -2.52. The summed E-state index contributed by atoms with van der Waals surface area (Å²) in [5, 5.41) is 7.28. The molecule has 1 aliphatic rings. The van der Waals surface area contributed by atoms with Crippen molar-refractivity contribution in [1.82, 2.24) is 19.6 Å². The Balaban J connectivity index is 1.32. The van der Waals surface area contributed by atoms with Crippen LogP contribution in [0.3, 0.4) is 0 Å². The van der Waals surface area contributed by atoms with Crippen LogP contribution in [0.25, 0.3) is 0 Å². The van der Waals surface area contributed by atoms with Crippen LogP contribution in [0.2, 0.25) is 5.02 Å². The van der Waals surface area contributed by atoms with Crippen LogP contribution >= 0.6 is 11.6 Å². The standard InChI is InChI=1S/C26H29ClFN5O6/c1-4-37-26(36)32-11-9-31(10-12-32)25(35)17(3)33-14-21(16(2)30-33)29-24(34)23-8-6-19(39-23)15-38-22-7-5-18(28)13-20(22)27/h5-8,13-14,17H,4,9-12,15H2,1-3H3,(H,29,34). The Labute approximate surface area is 229 Å². The summed E-state index contributed by atoms with van der Waals surface area (Å²) >= 11 is 5.96. The first-order valence-corrected chi connectivity index (χ1v) is 12.8. The third-order valence-corrected chi connectivity index (χ3v) is 6.48. The summed E-state index contributed by atoms with van der Waals surface area (Å²) in [5.41, 5.74) is 0.954. The second kappa shape index (κ2) is 12.2. The number of hydrogen-bond donors (Lipinski definition) is 1. The third kappa shape index (κ3) is 6.69. The number of piperazine rings is 1.